The van der Waals surface area contributed by atoms with Gasteiger partial charge >= 0.3 is 0 Å². The Bertz CT molecular complexity index is 860. The predicted molar refractivity (Wildman–Crippen MR) is 126 cm³/mol. The normalized spacial score (nSPS) is 14.4. The van der Waals surface area contributed by atoms with Gasteiger partial charge < -0.3 is 20.3 Å². The quantitative estimate of drug-likeness (QED) is 0.474. The van der Waals surface area contributed by atoms with E-state index in [1.807, 2.05) is 43.0 Å². The molecule has 31 heavy (non-hydrogen) atoms. The van der Waals surface area contributed by atoms with Crippen molar-refractivity contribution in [1.29, 1.82) is 0 Å². The topological polar surface area (TPSA) is 66.0 Å². The van der Waals surface area contributed by atoms with Gasteiger partial charge in [0.25, 0.3) is 0 Å². The molecule has 1 saturated heterocycles. The number of guanidine groups is 1. The molecule has 0 saturated carbocycles. The van der Waals surface area contributed by atoms with Crippen LogP contribution in [0.4, 0.5) is 5.69 Å². The van der Waals surface area contributed by atoms with Gasteiger partial charge in [-0.2, -0.15) is 0 Å². The maximum absolute atomic E-state index is 11.9. The van der Waals surface area contributed by atoms with Crippen LogP contribution in [0.3, 0.4) is 0 Å². The summed E-state index contributed by atoms with van der Waals surface area (Å²) in [6, 6.07) is 16.6. The molecule has 1 amide bonds. The van der Waals surface area contributed by atoms with Gasteiger partial charge in [0.2, 0.25) is 5.91 Å². The third-order valence-electron chi connectivity index (χ3n) is 5.15. The molecule has 6 nitrogen and oxygen atoms in total. The summed E-state index contributed by atoms with van der Waals surface area (Å²) in [6.07, 6.45) is 1.83. The number of carbonyl (C=O) groups is 1. The summed E-state index contributed by atoms with van der Waals surface area (Å²) in [5.74, 6) is 0.999. The highest BCUT2D eigenvalue weighted by Gasteiger charge is 2.21. The third kappa shape index (κ3) is 7.10. The molecule has 0 atom stereocenters. The lowest BCUT2D eigenvalue weighted by Crippen LogP contribution is -2.36. The summed E-state index contributed by atoms with van der Waals surface area (Å²) < 4.78 is 5.65. The van der Waals surface area contributed by atoms with Crippen molar-refractivity contribution >= 4 is 17.6 Å². The third-order valence-corrected chi connectivity index (χ3v) is 5.15. The highest BCUT2D eigenvalue weighted by atomic mass is 16.5. The molecule has 1 heterocycles. The number of hydrogen-bond acceptors (Lipinski definition) is 3. The number of benzene rings is 2. The first kappa shape index (κ1) is 22.8. The predicted octanol–water partition coefficient (Wildman–Crippen LogP) is 3.99. The maximum Gasteiger partial charge on any atom is 0.227 e. The molecule has 0 aliphatic carbocycles. The molecule has 0 spiro atoms. The van der Waals surface area contributed by atoms with Crippen molar-refractivity contribution < 1.29 is 9.53 Å². The molecule has 1 aliphatic heterocycles. The number of aliphatic imine (C=N–C) groups is 1. The van der Waals surface area contributed by atoms with Crippen molar-refractivity contribution in [2.24, 2.45) is 4.99 Å². The zero-order chi connectivity index (χ0) is 22.1. The summed E-state index contributed by atoms with van der Waals surface area (Å²) in [4.78, 5) is 18.5. The van der Waals surface area contributed by atoms with E-state index in [1.54, 1.807) is 0 Å². The van der Waals surface area contributed by atoms with Crippen LogP contribution in [-0.4, -0.2) is 31.1 Å². The molecule has 3 rings (SSSR count). The Hall–Kier alpha value is -2.86. The Kier molecular flexibility index (Phi) is 8.47. The minimum atomic E-state index is 0.213. The lowest BCUT2D eigenvalue weighted by atomic mass is 10.1. The molecule has 0 unspecified atom stereocenters. The Balaban J connectivity index is 1.53. The molecule has 2 N–H and O–H groups in total. The van der Waals surface area contributed by atoms with E-state index < -0.39 is 0 Å². The van der Waals surface area contributed by atoms with Gasteiger partial charge in [0.15, 0.2) is 5.96 Å². The van der Waals surface area contributed by atoms with Crippen LogP contribution in [-0.2, 0) is 29.2 Å². The average molecular weight is 423 g/mol. The van der Waals surface area contributed by atoms with Crippen LogP contribution < -0.4 is 15.5 Å². The fourth-order valence-corrected chi connectivity index (χ4v) is 3.42. The van der Waals surface area contributed by atoms with Gasteiger partial charge in [-0.1, -0.05) is 36.4 Å². The molecule has 6 heteroatoms. The smallest absolute Gasteiger partial charge is 0.227 e. The highest BCUT2D eigenvalue weighted by molar-refractivity contribution is 5.95. The summed E-state index contributed by atoms with van der Waals surface area (Å²) in [5, 5.41) is 6.69. The first-order valence-corrected chi connectivity index (χ1v) is 11.2. The molecule has 166 valence electrons. The summed E-state index contributed by atoms with van der Waals surface area (Å²) in [6.45, 7) is 9.68. The molecular weight excluding hydrogens is 388 g/mol. The van der Waals surface area contributed by atoms with Crippen molar-refractivity contribution in [2.45, 2.75) is 59.4 Å². The number of anilines is 1. The van der Waals surface area contributed by atoms with Crippen molar-refractivity contribution in [3.05, 3.63) is 65.2 Å². The van der Waals surface area contributed by atoms with Crippen molar-refractivity contribution in [2.75, 3.05) is 18.0 Å². The molecule has 2 aromatic rings. The van der Waals surface area contributed by atoms with Gasteiger partial charge in [-0.25, -0.2) is 4.99 Å². The van der Waals surface area contributed by atoms with E-state index in [4.69, 9.17) is 9.73 Å². The van der Waals surface area contributed by atoms with Crippen LogP contribution >= 0.6 is 0 Å². The van der Waals surface area contributed by atoms with E-state index in [1.165, 1.54) is 11.1 Å². The van der Waals surface area contributed by atoms with Crippen LogP contribution in [0.15, 0.2) is 53.5 Å². The molecule has 0 radical (unpaired) electrons. The van der Waals surface area contributed by atoms with Crippen LogP contribution in [0, 0.1) is 0 Å². The standard InChI is InChI=1S/C25H34N4O2/c1-4-26-25(27-16-20-7-9-22(10-8-20)18-31-19(2)3)28-17-21-11-13-23(14-12-21)29-15-5-6-24(29)30/h7-14,19H,4-6,15-18H2,1-3H3,(H2,26,27,28). The van der Waals surface area contributed by atoms with Gasteiger partial charge in [0, 0.05) is 31.7 Å². The lowest BCUT2D eigenvalue weighted by Gasteiger charge is -2.16. The number of carbonyl (C=O) groups excluding carboxylic acids is 1. The number of amides is 1. The molecule has 0 aromatic heterocycles. The molecule has 0 bridgehead atoms. The Morgan fingerprint density at radius 2 is 1.71 bits per heavy atom. The first-order chi connectivity index (χ1) is 15.0. The summed E-state index contributed by atoms with van der Waals surface area (Å²) in [5.41, 5.74) is 4.46. The zero-order valence-electron chi connectivity index (χ0n) is 18.9. The van der Waals surface area contributed by atoms with Gasteiger partial charge in [0.1, 0.15) is 0 Å². The summed E-state index contributed by atoms with van der Waals surface area (Å²) in [7, 11) is 0. The number of hydrogen-bond donors (Lipinski definition) is 2. The van der Waals surface area contributed by atoms with Crippen LogP contribution in [0.1, 0.15) is 50.3 Å². The van der Waals surface area contributed by atoms with E-state index in [0.29, 0.717) is 26.1 Å². The summed E-state index contributed by atoms with van der Waals surface area (Å²) >= 11 is 0. The largest absolute Gasteiger partial charge is 0.374 e. The minimum Gasteiger partial charge on any atom is -0.374 e. The number of nitrogens with one attached hydrogen (secondary N) is 2. The van der Waals surface area contributed by atoms with E-state index in [0.717, 1.165) is 36.7 Å². The van der Waals surface area contributed by atoms with Gasteiger partial charge in [-0.3, -0.25) is 4.79 Å². The molecule has 1 fully saturated rings. The monoisotopic (exact) mass is 422 g/mol. The van der Waals surface area contributed by atoms with Crippen molar-refractivity contribution in [3.8, 4) is 0 Å². The number of rotatable bonds is 9. The molecule has 1 aliphatic rings. The Morgan fingerprint density at radius 1 is 1.03 bits per heavy atom. The average Bonchev–Trinajstić information content (AvgIpc) is 3.21. The Labute approximate surface area is 185 Å². The first-order valence-electron chi connectivity index (χ1n) is 11.2. The van der Waals surface area contributed by atoms with Crippen molar-refractivity contribution in [1.82, 2.24) is 10.6 Å². The molecule has 2 aromatic carbocycles. The van der Waals surface area contributed by atoms with E-state index in [2.05, 4.69) is 41.8 Å². The number of ether oxygens (including phenoxy) is 1. The minimum absolute atomic E-state index is 0.213. The molecular formula is C25H34N4O2. The number of nitrogens with zero attached hydrogens (tertiary/aromatic N) is 2. The maximum atomic E-state index is 11.9. The Morgan fingerprint density at radius 3 is 2.32 bits per heavy atom. The van der Waals surface area contributed by atoms with Crippen LogP contribution in [0.2, 0.25) is 0 Å². The second-order valence-electron chi connectivity index (χ2n) is 8.04. The van der Waals surface area contributed by atoms with Crippen molar-refractivity contribution in [3.63, 3.8) is 0 Å². The van der Waals surface area contributed by atoms with Gasteiger partial charge in [-0.15, -0.1) is 0 Å². The second kappa shape index (κ2) is 11.5. The fraction of sp³-hybridized carbons (Fsp3) is 0.440. The van der Waals surface area contributed by atoms with Gasteiger partial charge in [-0.05, 0) is 56.0 Å². The fourth-order valence-electron chi connectivity index (χ4n) is 3.42. The van der Waals surface area contributed by atoms with E-state index >= 15 is 0 Å². The van der Waals surface area contributed by atoms with Crippen LogP contribution in [0.25, 0.3) is 0 Å². The van der Waals surface area contributed by atoms with E-state index in [-0.39, 0.29) is 12.0 Å². The SMILES string of the molecule is CCNC(=NCc1ccc(N2CCCC2=O)cc1)NCc1ccc(COC(C)C)cc1. The van der Waals surface area contributed by atoms with E-state index in [9.17, 15) is 4.79 Å². The van der Waals surface area contributed by atoms with Crippen LogP contribution in [0.5, 0.6) is 0 Å². The second-order valence-corrected chi connectivity index (χ2v) is 8.04. The lowest BCUT2D eigenvalue weighted by molar-refractivity contribution is -0.117. The highest BCUT2D eigenvalue weighted by Crippen LogP contribution is 2.21. The van der Waals surface area contributed by atoms with Gasteiger partial charge in [0.05, 0.1) is 19.3 Å². The zero-order valence-corrected chi connectivity index (χ0v) is 18.9.